The third-order valence-corrected chi connectivity index (χ3v) is 0. The van der Waals surface area contributed by atoms with Crippen molar-refractivity contribution >= 4 is 77.5 Å². The van der Waals surface area contributed by atoms with E-state index >= 15 is 0 Å². The molecule has 2 radical (unpaired) electrons. The van der Waals surface area contributed by atoms with E-state index in [2.05, 4.69) is 0 Å². The van der Waals surface area contributed by atoms with E-state index in [1.54, 1.807) is 0 Å². The summed E-state index contributed by atoms with van der Waals surface area (Å²) in [5, 5.41) is 0. The Kier molecular flexibility index (Phi) is 107. The maximum absolute atomic E-state index is 0. The molecule has 0 bridgehead atoms. The molecule has 0 unspecified atom stereocenters. The van der Waals surface area contributed by atoms with Crippen LogP contribution in [0.3, 0.4) is 0 Å². The van der Waals surface area contributed by atoms with Crippen molar-refractivity contribution in [1.82, 2.24) is 0 Å². The predicted molar refractivity (Wildman–Crippen MR) is 36.6 cm³/mol. The molecule has 0 spiro atoms. The summed E-state index contributed by atoms with van der Waals surface area (Å²) in [4.78, 5) is 0. The van der Waals surface area contributed by atoms with Crippen LogP contribution in [0, 0.1) is 0 Å². The summed E-state index contributed by atoms with van der Waals surface area (Å²) in [5.41, 5.74) is 0. The van der Waals surface area contributed by atoms with Gasteiger partial charge in [0.2, 0.25) is 0 Å². The fourth-order valence-electron chi connectivity index (χ4n) is 0. The van der Waals surface area contributed by atoms with Crippen LogP contribution in [0.1, 0.15) is 0 Å². The standard InChI is InChI=1S/2HI.Na.Sc/h2*1H;;. The smallest absolute Gasteiger partial charge is 0 e. The van der Waals surface area contributed by atoms with Gasteiger partial charge in [-0.15, -0.1) is 48.0 Å². The molecular formula is H2I2NaSc. The van der Waals surface area contributed by atoms with Gasteiger partial charge in [0, 0.05) is 55.4 Å². The molecule has 0 amide bonds. The Balaban J connectivity index is 0. The Bertz CT molecular complexity index is 6.00. The van der Waals surface area contributed by atoms with Crippen LogP contribution in [0.15, 0.2) is 0 Å². The van der Waals surface area contributed by atoms with E-state index in [0.29, 0.717) is 0 Å². The molecule has 4 heteroatoms. The average Bonchev–Trinajstić information content (AvgIpc) is 0. The van der Waals surface area contributed by atoms with Gasteiger partial charge < -0.3 is 0 Å². The Labute approximate surface area is 101 Å². The zero-order valence-electron chi connectivity index (χ0n) is 2.39. The van der Waals surface area contributed by atoms with Gasteiger partial charge >= 0.3 is 0 Å². The molecule has 0 heterocycles. The van der Waals surface area contributed by atoms with Crippen LogP contribution < -0.4 is 0 Å². The summed E-state index contributed by atoms with van der Waals surface area (Å²) in [6, 6.07) is 0. The quantitative estimate of drug-likeness (QED) is 0.458. The third kappa shape index (κ3) is 9.01. The van der Waals surface area contributed by atoms with Gasteiger partial charge in [0.05, 0.1) is 0 Å². The van der Waals surface area contributed by atoms with Crippen molar-refractivity contribution in [1.29, 1.82) is 0 Å². The van der Waals surface area contributed by atoms with Gasteiger partial charge in [-0.1, -0.05) is 0 Å². The molecule has 0 fully saturated rings. The van der Waals surface area contributed by atoms with Gasteiger partial charge in [-0.25, -0.2) is 0 Å². The van der Waals surface area contributed by atoms with Crippen molar-refractivity contribution < 1.29 is 25.8 Å². The molecule has 0 saturated carbocycles. The summed E-state index contributed by atoms with van der Waals surface area (Å²) >= 11 is 0. The first kappa shape index (κ1) is 26.5. The van der Waals surface area contributed by atoms with E-state index in [1.165, 1.54) is 0 Å². The fraction of sp³-hybridized carbons (Fsp3) is 0. The predicted octanol–water partition coefficient (Wildman–Crippen LogP) is 0.853. The van der Waals surface area contributed by atoms with Crippen LogP contribution in [0.2, 0.25) is 0 Å². The fourth-order valence-corrected chi connectivity index (χ4v) is 0. The molecule has 4 heavy (non-hydrogen) atoms. The van der Waals surface area contributed by atoms with Crippen molar-refractivity contribution in [3.05, 3.63) is 0 Å². The molecule has 0 aromatic carbocycles. The summed E-state index contributed by atoms with van der Waals surface area (Å²) in [6.45, 7) is 0. The minimum absolute atomic E-state index is 0. The number of hydrogen-bond acceptors (Lipinski definition) is 0. The Morgan fingerprint density at radius 2 is 0.750 bits per heavy atom. The van der Waals surface area contributed by atoms with Gasteiger partial charge in [-0.3, -0.25) is 0 Å². The van der Waals surface area contributed by atoms with Crippen molar-refractivity contribution in [3.8, 4) is 0 Å². The summed E-state index contributed by atoms with van der Waals surface area (Å²) in [7, 11) is 0. The number of rotatable bonds is 0. The first-order valence-electron chi connectivity index (χ1n) is 0. The molecule has 0 aromatic rings. The van der Waals surface area contributed by atoms with Crippen LogP contribution in [0.4, 0.5) is 0 Å². The molecule has 0 aromatic heterocycles. The Hall–Kier alpha value is 3.33. The normalized spacial score (nSPS) is 0. The van der Waals surface area contributed by atoms with Crippen molar-refractivity contribution in [2.24, 2.45) is 0 Å². The Morgan fingerprint density at radius 1 is 0.750 bits per heavy atom. The molecule has 20 valence electrons. The largest absolute Gasteiger partial charge is 0.107 e. The van der Waals surface area contributed by atoms with Gasteiger partial charge in [-0.05, 0) is 0 Å². The summed E-state index contributed by atoms with van der Waals surface area (Å²) in [5.74, 6) is 0. The summed E-state index contributed by atoms with van der Waals surface area (Å²) < 4.78 is 0. The van der Waals surface area contributed by atoms with Crippen molar-refractivity contribution in [2.45, 2.75) is 0 Å². The van der Waals surface area contributed by atoms with Crippen molar-refractivity contribution in [3.63, 3.8) is 0 Å². The molecule has 0 rings (SSSR count). The topological polar surface area (TPSA) is 0 Å². The minimum atomic E-state index is 0. The molecule has 0 saturated heterocycles. The monoisotopic (exact) mass is 324 g/mol. The van der Waals surface area contributed by atoms with Gasteiger partial charge in [0.15, 0.2) is 0 Å². The van der Waals surface area contributed by atoms with E-state index < -0.39 is 0 Å². The van der Waals surface area contributed by atoms with E-state index in [0.717, 1.165) is 0 Å². The maximum Gasteiger partial charge on any atom is 0 e. The van der Waals surface area contributed by atoms with E-state index in [4.69, 9.17) is 0 Å². The molecule has 0 aliphatic carbocycles. The molecule has 0 atom stereocenters. The van der Waals surface area contributed by atoms with Crippen molar-refractivity contribution in [2.75, 3.05) is 0 Å². The number of halogens is 2. The van der Waals surface area contributed by atoms with E-state index in [-0.39, 0.29) is 103 Å². The minimum Gasteiger partial charge on any atom is -0.107 e. The second-order valence-electron chi connectivity index (χ2n) is 0. The second-order valence-corrected chi connectivity index (χ2v) is 0. The second kappa shape index (κ2) is 16.2. The van der Waals surface area contributed by atoms with Gasteiger partial charge in [-0.2, -0.15) is 0 Å². The van der Waals surface area contributed by atoms with Crippen LogP contribution in [0.25, 0.3) is 0 Å². The van der Waals surface area contributed by atoms with Crippen LogP contribution >= 0.6 is 48.0 Å². The molecule has 0 nitrogen and oxygen atoms in total. The number of hydrogen-bond donors (Lipinski definition) is 0. The maximum atomic E-state index is 0. The van der Waals surface area contributed by atoms with Gasteiger partial charge in [0.25, 0.3) is 0 Å². The molecule has 0 aliphatic rings. The van der Waals surface area contributed by atoms with E-state index in [1.807, 2.05) is 0 Å². The van der Waals surface area contributed by atoms with Crippen LogP contribution in [0.5, 0.6) is 0 Å². The van der Waals surface area contributed by atoms with E-state index in [9.17, 15) is 0 Å². The van der Waals surface area contributed by atoms with Gasteiger partial charge in [0.1, 0.15) is 0 Å². The van der Waals surface area contributed by atoms with Crippen LogP contribution in [-0.4, -0.2) is 29.6 Å². The first-order valence-corrected chi connectivity index (χ1v) is 0. The third-order valence-electron chi connectivity index (χ3n) is 0. The molecule has 0 N–H and O–H groups in total. The average molecular weight is 324 g/mol. The Morgan fingerprint density at radius 3 is 0.750 bits per heavy atom. The molecule has 0 aliphatic heterocycles. The molecular weight excluding hydrogens is 322 g/mol. The van der Waals surface area contributed by atoms with Crippen LogP contribution in [-0.2, 0) is 25.8 Å². The summed E-state index contributed by atoms with van der Waals surface area (Å²) in [6.07, 6.45) is 0. The zero-order valence-corrected chi connectivity index (χ0v) is 10.9. The SMILES string of the molecule is I.I.[Na].[Sc]. The first-order chi connectivity index (χ1) is 0. The zero-order chi connectivity index (χ0) is 0.